The van der Waals surface area contributed by atoms with Crippen molar-refractivity contribution in [1.82, 2.24) is 9.62 Å². The Morgan fingerprint density at radius 2 is 2.16 bits per heavy atom. The average Bonchev–Trinajstić information content (AvgIpc) is 2.61. The fourth-order valence-corrected chi connectivity index (χ4v) is 4.26. The van der Waals surface area contributed by atoms with Crippen LogP contribution in [-0.2, 0) is 16.6 Å². The Balaban J connectivity index is 2.24. The lowest BCUT2D eigenvalue weighted by molar-refractivity contribution is 0.419. The van der Waals surface area contributed by atoms with E-state index >= 15 is 0 Å². The van der Waals surface area contributed by atoms with Gasteiger partial charge in [-0.15, -0.1) is 11.3 Å². The normalized spacial score (nSPS) is 12.3. The lowest BCUT2D eigenvalue weighted by Gasteiger charge is -2.17. The maximum Gasteiger partial charge on any atom is 0.211 e. The van der Waals surface area contributed by atoms with Gasteiger partial charge in [0, 0.05) is 33.9 Å². The van der Waals surface area contributed by atoms with Gasteiger partial charge in [0.2, 0.25) is 10.0 Å². The van der Waals surface area contributed by atoms with Gasteiger partial charge in [0.15, 0.2) is 0 Å². The van der Waals surface area contributed by atoms with E-state index in [1.807, 2.05) is 6.92 Å². The molecule has 1 rings (SSSR count). The zero-order valence-corrected chi connectivity index (χ0v) is 14.8. The Bertz CT molecular complexity index is 480. The molecule has 0 spiro atoms. The second-order valence-electron chi connectivity index (χ2n) is 4.40. The lowest BCUT2D eigenvalue weighted by Crippen LogP contribution is -2.32. The van der Waals surface area contributed by atoms with Crippen molar-refractivity contribution < 1.29 is 8.42 Å². The van der Waals surface area contributed by atoms with Crippen LogP contribution < -0.4 is 5.32 Å². The number of halogens is 1. The molecule has 0 radical (unpaired) electrons. The molecule has 0 atom stereocenters. The van der Waals surface area contributed by atoms with E-state index < -0.39 is 10.0 Å². The summed E-state index contributed by atoms with van der Waals surface area (Å²) < 4.78 is 25.4. The van der Waals surface area contributed by atoms with Crippen molar-refractivity contribution in [3.8, 4) is 0 Å². The summed E-state index contributed by atoms with van der Waals surface area (Å²) in [5.74, 6) is 0. The summed E-state index contributed by atoms with van der Waals surface area (Å²) in [6, 6.07) is 2.13. The van der Waals surface area contributed by atoms with E-state index in [1.165, 1.54) is 20.3 Å². The molecule has 1 N–H and O–H groups in total. The molecule has 1 aromatic heterocycles. The highest BCUT2D eigenvalue weighted by molar-refractivity contribution is 9.10. The van der Waals surface area contributed by atoms with Crippen LogP contribution in [0.25, 0.3) is 0 Å². The molecule has 1 heterocycles. The predicted molar refractivity (Wildman–Crippen MR) is 85.2 cm³/mol. The SMILES string of the molecule is CCN(CCCNCc1cc(Br)c(C)s1)S(C)(=O)=O. The van der Waals surface area contributed by atoms with Gasteiger partial charge in [-0.25, -0.2) is 12.7 Å². The molecular formula is C12H21BrN2O2S2. The van der Waals surface area contributed by atoms with Crippen molar-refractivity contribution in [2.45, 2.75) is 26.8 Å². The Morgan fingerprint density at radius 1 is 1.47 bits per heavy atom. The Hall–Kier alpha value is 0.0500. The van der Waals surface area contributed by atoms with Gasteiger partial charge < -0.3 is 5.32 Å². The summed E-state index contributed by atoms with van der Waals surface area (Å²) >= 11 is 5.27. The van der Waals surface area contributed by atoms with Crippen LogP contribution in [0.3, 0.4) is 0 Å². The van der Waals surface area contributed by atoms with Gasteiger partial charge in [0.1, 0.15) is 0 Å². The van der Waals surface area contributed by atoms with Gasteiger partial charge >= 0.3 is 0 Å². The zero-order chi connectivity index (χ0) is 14.5. The molecule has 0 aliphatic heterocycles. The third kappa shape index (κ3) is 5.91. The smallest absolute Gasteiger partial charge is 0.211 e. The molecule has 0 aliphatic rings. The van der Waals surface area contributed by atoms with Gasteiger partial charge in [-0.1, -0.05) is 6.92 Å². The molecular weight excluding hydrogens is 348 g/mol. The van der Waals surface area contributed by atoms with Crippen molar-refractivity contribution in [2.24, 2.45) is 0 Å². The molecule has 1 aromatic rings. The first kappa shape index (κ1) is 17.1. The van der Waals surface area contributed by atoms with Crippen LogP contribution in [0.4, 0.5) is 0 Å². The van der Waals surface area contributed by atoms with E-state index in [0.29, 0.717) is 13.1 Å². The minimum atomic E-state index is -3.06. The fourth-order valence-electron chi connectivity index (χ4n) is 1.76. The van der Waals surface area contributed by atoms with Crippen LogP contribution in [0.2, 0.25) is 0 Å². The number of nitrogens with zero attached hydrogens (tertiary/aromatic N) is 1. The molecule has 0 aliphatic carbocycles. The molecule has 0 unspecified atom stereocenters. The van der Waals surface area contributed by atoms with Crippen LogP contribution >= 0.6 is 27.3 Å². The molecule has 0 saturated heterocycles. The first-order chi connectivity index (χ1) is 8.84. The van der Waals surface area contributed by atoms with Crippen molar-refractivity contribution in [3.05, 3.63) is 20.3 Å². The third-order valence-electron chi connectivity index (χ3n) is 2.79. The van der Waals surface area contributed by atoms with Crippen LogP contribution in [0.15, 0.2) is 10.5 Å². The minimum absolute atomic E-state index is 0.538. The lowest BCUT2D eigenvalue weighted by atomic mass is 10.4. The first-order valence-corrected chi connectivity index (χ1v) is 9.71. The summed E-state index contributed by atoms with van der Waals surface area (Å²) in [6.45, 7) is 6.72. The first-order valence-electron chi connectivity index (χ1n) is 6.25. The second-order valence-corrected chi connectivity index (χ2v) is 8.58. The van der Waals surface area contributed by atoms with Gasteiger partial charge in [-0.2, -0.15) is 0 Å². The molecule has 19 heavy (non-hydrogen) atoms. The van der Waals surface area contributed by atoms with Crippen molar-refractivity contribution >= 4 is 37.3 Å². The van der Waals surface area contributed by atoms with E-state index in [1.54, 1.807) is 11.3 Å². The number of hydrogen-bond donors (Lipinski definition) is 1. The molecule has 110 valence electrons. The highest BCUT2D eigenvalue weighted by atomic mass is 79.9. The summed E-state index contributed by atoms with van der Waals surface area (Å²) in [7, 11) is -3.06. The maximum absolute atomic E-state index is 11.4. The minimum Gasteiger partial charge on any atom is -0.312 e. The van der Waals surface area contributed by atoms with Gasteiger partial charge in [0.25, 0.3) is 0 Å². The number of hydrogen-bond acceptors (Lipinski definition) is 4. The quantitative estimate of drug-likeness (QED) is 0.717. The van der Waals surface area contributed by atoms with E-state index in [9.17, 15) is 8.42 Å². The van der Waals surface area contributed by atoms with Crippen LogP contribution in [-0.4, -0.2) is 38.6 Å². The van der Waals surface area contributed by atoms with Crippen LogP contribution in [0.5, 0.6) is 0 Å². The highest BCUT2D eigenvalue weighted by Gasteiger charge is 2.12. The number of rotatable bonds is 8. The highest BCUT2D eigenvalue weighted by Crippen LogP contribution is 2.25. The summed E-state index contributed by atoms with van der Waals surface area (Å²) in [5, 5.41) is 3.34. The fraction of sp³-hybridized carbons (Fsp3) is 0.667. The number of nitrogens with one attached hydrogen (secondary N) is 1. The average molecular weight is 369 g/mol. The van der Waals surface area contributed by atoms with Crippen molar-refractivity contribution in [1.29, 1.82) is 0 Å². The van der Waals surface area contributed by atoms with E-state index in [4.69, 9.17) is 0 Å². The molecule has 4 nitrogen and oxygen atoms in total. The van der Waals surface area contributed by atoms with Crippen molar-refractivity contribution in [3.63, 3.8) is 0 Å². The van der Waals surface area contributed by atoms with Gasteiger partial charge in [-0.3, -0.25) is 0 Å². The van der Waals surface area contributed by atoms with Crippen LogP contribution in [0.1, 0.15) is 23.1 Å². The summed E-state index contributed by atoms with van der Waals surface area (Å²) in [6.07, 6.45) is 2.09. The van der Waals surface area contributed by atoms with E-state index in [2.05, 4.69) is 34.2 Å². The molecule has 0 saturated carbocycles. The molecule has 0 amide bonds. The van der Waals surface area contributed by atoms with Crippen LogP contribution in [0, 0.1) is 6.92 Å². The van der Waals surface area contributed by atoms with Crippen molar-refractivity contribution in [2.75, 3.05) is 25.9 Å². The number of thiophene rings is 1. The monoisotopic (exact) mass is 368 g/mol. The second kappa shape index (κ2) is 7.73. The Kier molecular flexibility index (Phi) is 6.96. The molecule has 7 heteroatoms. The number of aryl methyl sites for hydroxylation is 1. The standard InChI is InChI=1S/C12H21BrN2O2S2/c1-4-15(19(3,16)17)7-5-6-14-9-11-8-12(13)10(2)18-11/h8,14H,4-7,9H2,1-3H3. The topological polar surface area (TPSA) is 49.4 Å². The molecule has 0 bridgehead atoms. The van der Waals surface area contributed by atoms with Gasteiger partial charge in [0.05, 0.1) is 6.26 Å². The summed E-state index contributed by atoms with van der Waals surface area (Å²) in [5.41, 5.74) is 0. The van der Waals surface area contributed by atoms with E-state index in [0.717, 1.165) is 24.0 Å². The maximum atomic E-state index is 11.4. The Morgan fingerprint density at radius 3 is 2.63 bits per heavy atom. The summed E-state index contributed by atoms with van der Waals surface area (Å²) in [4.78, 5) is 2.57. The zero-order valence-electron chi connectivity index (χ0n) is 11.6. The molecule has 0 aromatic carbocycles. The van der Waals surface area contributed by atoms with Gasteiger partial charge in [-0.05, 0) is 41.9 Å². The molecule has 0 fully saturated rings. The number of sulfonamides is 1. The largest absolute Gasteiger partial charge is 0.312 e. The Labute approximate surface area is 128 Å². The predicted octanol–water partition coefficient (Wildman–Crippen LogP) is 2.58. The van der Waals surface area contributed by atoms with E-state index in [-0.39, 0.29) is 0 Å². The third-order valence-corrected chi connectivity index (χ3v) is 6.31.